The van der Waals surface area contributed by atoms with Crippen LogP contribution in [0.5, 0.6) is 0 Å². The van der Waals surface area contributed by atoms with E-state index in [9.17, 15) is 48.4 Å². The molecule has 2 atom stereocenters. The summed E-state index contributed by atoms with van der Waals surface area (Å²) in [6.45, 7) is 0.294. The van der Waals surface area contributed by atoms with Gasteiger partial charge >= 0.3 is 0 Å². The van der Waals surface area contributed by atoms with E-state index in [0.29, 0.717) is 23.1 Å². The molecule has 39 heavy (non-hydrogen) atoms. The molecule has 0 saturated carbocycles. The molecule has 0 spiro atoms. The van der Waals surface area contributed by atoms with Crippen molar-refractivity contribution in [3.05, 3.63) is 0 Å². The summed E-state index contributed by atoms with van der Waals surface area (Å²) in [5.41, 5.74) is 5.36. The molecular weight excluding hydrogens is 526 g/mol. The normalized spacial score (nSPS) is 12.3. The Bertz CT molecular complexity index is 779. The highest BCUT2D eigenvalue weighted by Gasteiger charge is 2.18. The number of rotatable bonds is 21. The predicted octanol–water partition coefficient (Wildman–Crippen LogP) is 0.0379. The molecule has 0 saturated heterocycles. The fourth-order valence-corrected chi connectivity index (χ4v) is 3.04. The lowest BCUT2D eigenvalue weighted by Gasteiger charge is -2.17. The predicted molar refractivity (Wildman–Crippen MR) is 133 cm³/mol. The molecule has 0 fully saturated rings. The Morgan fingerprint density at radius 2 is 1.13 bits per heavy atom. The second kappa shape index (κ2) is 20.9. The zero-order valence-electron chi connectivity index (χ0n) is 22.3. The van der Waals surface area contributed by atoms with Gasteiger partial charge in [-0.1, -0.05) is 6.42 Å². The van der Waals surface area contributed by atoms with Crippen molar-refractivity contribution in [1.82, 2.24) is 25.8 Å². The molecule has 5 amide bonds. The Morgan fingerprint density at radius 3 is 1.56 bits per heavy atom. The van der Waals surface area contributed by atoms with Crippen molar-refractivity contribution in [2.75, 3.05) is 39.3 Å². The van der Waals surface area contributed by atoms with E-state index >= 15 is 0 Å². The van der Waals surface area contributed by atoms with Crippen LogP contribution in [-0.4, -0.2) is 112 Å². The summed E-state index contributed by atoms with van der Waals surface area (Å²) in [5, 5.41) is 34.2. The van der Waals surface area contributed by atoms with Crippen LogP contribution in [0, 0.1) is 0 Å². The molecule has 0 rings (SSSR count). The quantitative estimate of drug-likeness (QED) is 0.0627. The molecule has 14 nitrogen and oxygen atoms in total. The third kappa shape index (κ3) is 18.9. The molecule has 0 aliphatic rings. The van der Waals surface area contributed by atoms with E-state index in [1.807, 2.05) is 0 Å². The van der Waals surface area contributed by atoms with Crippen LogP contribution in [0.15, 0.2) is 0 Å². The molecule has 7 N–H and O–H groups in total. The average Bonchev–Trinajstić information content (AvgIpc) is 2.91. The molecule has 0 aromatic carbocycles. The molecule has 0 bridgehead atoms. The first-order valence-corrected chi connectivity index (χ1v) is 12.8. The van der Waals surface area contributed by atoms with E-state index in [4.69, 9.17) is 5.73 Å². The smallest absolute Gasteiger partial charge is 0.246 e. The van der Waals surface area contributed by atoms with Gasteiger partial charge in [0.1, 0.15) is 12.3 Å². The highest BCUT2D eigenvalue weighted by atomic mass is 19.1. The van der Waals surface area contributed by atoms with Gasteiger partial charge in [-0.15, -0.1) is 0 Å². The van der Waals surface area contributed by atoms with Gasteiger partial charge in [0.2, 0.25) is 29.5 Å². The number of carbonyl (C=O) groups is 5. The van der Waals surface area contributed by atoms with Gasteiger partial charge in [0.05, 0.1) is 13.1 Å². The van der Waals surface area contributed by atoms with Crippen LogP contribution in [0.4, 0.5) is 8.78 Å². The van der Waals surface area contributed by atoms with Gasteiger partial charge < -0.3 is 16.4 Å². The van der Waals surface area contributed by atoms with Crippen LogP contribution in [0.25, 0.3) is 0 Å². The van der Waals surface area contributed by atoms with Crippen LogP contribution in [0.3, 0.4) is 0 Å². The van der Waals surface area contributed by atoms with E-state index in [2.05, 4.69) is 10.6 Å². The monoisotopic (exact) mass is 568 g/mol. The Kier molecular flexibility index (Phi) is 19.4. The minimum Gasteiger partial charge on any atom is -0.353 e. The van der Waals surface area contributed by atoms with Gasteiger partial charge in [0.15, 0.2) is 0 Å². The van der Waals surface area contributed by atoms with Crippen molar-refractivity contribution in [2.45, 2.75) is 77.1 Å². The van der Waals surface area contributed by atoms with Crippen molar-refractivity contribution < 1.29 is 48.4 Å². The summed E-state index contributed by atoms with van der Waals surface area (Å²) in [7, 11) is 0. The van der Waals surface area contributed by atoms with Crippen molar-refractivity contribution in [3.63, 3.8) is 0 Å². The number of amides is 5. The standard InChI is InChI=1S/C23H42F2N6O8/c1-17(32)29(37)13-9-18(24)15-27-21(34)6-8-23(36)31(39)14-10-19(25)16-28-20(33)5-7-22(35)30(38)12-4-2-3-11-26/h18-19,37-39H,2-16,26H2,1H3,(H,27,34)(H,28,33). The molecule has 0 aliphatic heterocycles. The topological polar surface area (TPSA) is 206 Å². The van der Waals surface area contributed by atoms with Gasteiger partial charge in [-0.05, 0) is 19.4 Å². The van der Waals surface area contributed by atoms with Crippen LogP contribution < -0.4 is 16.4 Å². The van der Waals surface area contributed by atoms with E-state index in [1.165, 1.54) is 0 Å². The molecule has 0 heterocycles. The largest absolute Gasteiger partial charge is 0.353 e. The summed E-state index contributed by atoms with van der Waals surface area (Å²) in [6.07, 6.45) is -2.83. The van der Waals surface area contributed by atoms with Crippen LogP contribution in [-0.2, 0) is 24.0 Å². The fourth-order valence-electron chi connectivity index (χ4n) is 3.04. The van der Waals surface area contributed by atoms with Crippen molar-refractivity contribution >= 4 is 29.5 Å². The maximum absolute atomic E-state index is 14.0. The first-order chi connectivity index (χ1) is 18.4. The average molecular weight is 569 g/mol. The lowest BCUT2D eigenvalue weighted by molar-refractivity contribution is -0.166. The van der Waals surface area contributed by atoms with Crippen LogP contribution in [0.2, 0.25) is 0 Å². The lowest BCUT2D eigenvalue weighted by Crippen LogP contribution is -2.36. The Hall–Kier alpha value is -2.95. The van der Waals surface area contributed by atoms with Crippen molar-refractivity contribution in [2.24, 2.45) is 5.73 Å². The number of nitrogens with one attached hydrogen (secondary N) is 2. The van der Waals surface area contributed by atoms with Gasteiger partial charge in [0, 0.05) is 65.1 Å². The van der Waals surface area contributed by atoms with Crippen molar-refractivity contribution in [1.29, 1.82) is 0 Å². The van der Waals surface area contributed by atoms with Crippen LogP contribution in [0.1, 0.15) is 64.7 Å². The zero-order chi connectivity index (χ0) is 29.8. The molecule has 16 heteroatoms. The minimum atomic E-state index is -1.60. The SMILES string of the molecule is CC(=O)N(O)CCC(F)CNC(=O)CCC(=O)N(O)CCC(F)CNC(=O)CCC(=O)N(O)CCCCCN. The highest BCUT2D eigenvalue weighted by molar-refractivity contribution is 5.83. The number of nitrogens with zero attached hydrogens (tertiary/aromatic N) is 3. The van der Waals surface area contributed by atoms with Gasteiger partial charge in [-0.3, -0.25) is 39.6 Å². The molecule has 0 radical (unpaired) electrons. The van der Waals surface area contributed by atoms with Crippen LogP contribution >= 0.6 is 0 Å². The minimum absolute atomic E-state index is 0.125. The summed E-state index contributed by atoms with van der Waals surface area (Å²) in [4.78, 5) is 58.1. The molecular formula is C23H42F2N6O8. The summed E-state index contributed by atoms with van der Waals surface area (Å²) < 4.78 is 27.7. The number of halogens is 2. The second-order valence-electron chi connectivity index (χ2n) is 8.91. The Balaban J connectivity index is 4.04. The number of unbranched alkanes of at least 4 members (excludes halogenated alkanes) is 2. The molecule has 0 aliphatic carbocycles. The second-order valence-corrected chi connectivity index (χ2v) is 8.91. The third-order valence-electron chi connectivity index (χ3n) is 5.49. The number of alkyl halides is 2. The Labute approximate surface area is 226 Å². The van der Waals surface area contributed by atoms with Gasteiger partial charge in [0.25, 0.3) is 0 Å². The highest BCUT2D eigenvalue weighted by Crippen LogP contribution is 2.04. The number of nitrogens with two attached hydrogens (primary N) is 1. The fraction of sp³-hybridized carbons (Fsp3) is 0.783. The third-order valence-corrected chi connectivity index (χ3v) is 5.49. The number of hydrogen-bond acceptors (Lipinski definition) is 9. The maximum Gasteiger partial charge on any atom is 0.246 e. The zero-order valence-corrected chi connectivity index (χ0v) is 22.3. The molecule has 226 valence electrons. The maximum atomic E-state index is 14.0. The molecule has 2 unspecified atom stereocenters. The first kappa shape index (κ1) is 36.0. The Morgan fingerprint density at radius 1 is 0.692 bits per heavy atom. The van der Waals surface area contributed by atoms with E-state index in [0.717, 1.165) is 19.8 Å². The molecule has 0 aromatic heterocycles. The number of carbonyl (C=O) groups excluding carboxylic acids is 5. The van der Waals surface area contributed by atoms with Gasteiger partial charge in [-0.25, -0.2) is 24.0 Å². The molecule has 0 aromatic rings. The van der Waals surface area contributed by atoms with E-state index in [-0.39, 0.29) is 50.3 Å². The van der Waals surface area contributed by atoms with E-state index in [1.54, 1.807) is 0 Å². The summed E-state index contributed by atoms with van der Waals surface area (Å²) in [6, 6.07) is 0. The van der Waals surface area contributed by atoms with E-state index < -0.39 is 67.9 Å². The van der Waals surface area contributed by atoms with Gasteiger partial charge in [-0.2, -0.15) is 0 Å². The lowest BCUT2D eigenvalue weighted by atomic mass is 10.2. The first-order valence-electron chi connectivity index (χ1n) is 12.8. The number of hydroxylamine groups is 6. The van der Waals surface area contributed by atoms with Crippen molar-refractivity contribution in [3.8, 4) is 0 Å². The summed E-state index contributed by atoms with van der Waals surface area (Å²) >= 11 is 0. The number of hydrogen-bond donors (Lipinski definition) is 6. The summed E-state index contributed by atoms with van der Waals surface area (Å²) in [5.74, 6) is -3.40.